The van der Waals surface area contributed by atoms with E-state index in [0.29, 0.717) is 22.0 Å². The van der Waals surface area contributed by atoms with E-state index in [4.69, 9.17) is 9.47 Å². The van der Waals surface area contributed by atoms with Crippen molar-refractivity contribution in [3.63, 3.8) is 0 Å². The zero-order valence-electron chi connectivity index (χ0n) is 17.6. The van der Waals surface area contributed by atoms with E-state index in [1.807, 2.05) is 18.4 Å². The third kappa shape index (κ3) is 4.48. The molecule has 2 aromatic heterocycles. The van der Waals surface area contributed by atoms with Gasteiger partial charge in [0.2, 0.25) is 5.91 Å². The average Bonchev–Trinajstić information content (AvgIpc) is 3.35. The molecule has 2 amide bonds. The van der Waals surface area contributed by atoms with Gasteiger partial charge in [-0.15, -0.1) is 11.3 Å². The largest absolute Gasteiger partial charge is 0.482 e. The Hall–Kier alpha value is -3.31. The van der Waals surface area contributed by atoms with E-state index in [-0.39, 0.29) is 30.8 Å². The number of amides is 2. The van der Waals surface area contributed by atoms with E-state index < -0.39 is 11.9 Å². The highest BCUT2D eigenvalue weighted by atomic mass is 32.1. The van der Waals surface area contributed by atoms with Crippen LogP contribution in [0.2, 0.25) is 0 Å². The lowest BCUT2D eigenvalue weighted by Gasteiger charge is -2.29. The van der Waals surface area contributed by atoms with Crippen molar-refractivity contribution in [2.75, 3.05) is 30.0 Å². The third-order valence-electron chi connectivity index (χ3n) is 4.62. The number of ether oxygens (including phenoxy) is 2. The Bertz CT molecular complexity index is 1200. The van der Waals surface area contributed by atoms with Gasteiger partial charge >= 0.3 is 5.97 Å². The Kier molecular flexibility index (Phi) is 6.19. The molecule has 32 heavy (non-hydrogen) atoms. The minimum absolute atomic E-state index is 0.154. The normalized spacial score (nSPS) is 12.8. The number of rotatable bonds is 6. The predicted molar refractivity (Wildman–Crippen MR) is 122 cm³/mol. The maximum Gasteiger partial charge on any atom is 0.350 e. The monoisotopic (exact) mass is 472 g/mol. The number of nitrogens with one attached hydrogen (secondary N) is 1. The molecule has 0 atom stereocenters. The van der Waals surface area contributed by atoms with E-state index >= 15 is 0 Å². The number of hydrogen-bond donors (Lipinski definition) is 1. The molecule has 0 unspecified atom stereocenters. The topological polar surface area (TPSA) is 111 Å². The van der Waals surface area contributed by atoms with Crippen molar-refractivity contribution in [3.05, 3.63) is 39.2 Å². The first kappa shape index (κ1) is 21.9. The zero-order valence-corrected chi connectivity index (χ0v) is 19.3. The maximum atomic E-state index is 12.7. The van der Waals surface area contributed by atoms with Crippen molar-refractivity contribution in [1.82, 2.24) is 9.97 Å². The second-order valence-corrected chi connectivity index (χ2v) is 8.97. The molecule has 1 aliphatic rings. The van der Waals surface area contributed by atoms with Crippen molar-refractivity contribution < 1.29 is 23.9 Å². The molecular weight excluding hydrogens is 452 g/mol. The van der Waals surface area contributed by atoms with Crippen LogP contribution < -0.4 is 15.0 Å². The van der Waals surface area contributed by atoms with Gasteiger partial charge in [0.1, 0.15) is 17.2 Å². The molecule has 1 aromatic carbocycles. The minimum atomic E-state index is -0.481. The average molecular weight is 473 g/mol. The van der Waals surface area contributed by atoms with E-state index in [0.717, 1.165) is 27.6 Å². The van der Waals surface area contributed by atoms with Crippen molar-refractivity contribution in [2.24, 2.45) is 0 Å². The van der Waals surface area contributed by atoms with Crippen LogP contribution in [0.15, 0.2) is 23.6 Å². The second kappa shape index (κ2) is 9.05. The first-order chi connectivity index (χ1) is 15.4. The molecule has 3 aromatic rings. The molecule has 1 aliphatic heterocycles. The van der Waals surface area contributed by atoms with Crippen LogP contribution in [0.1, 0.15) is 27.3 Å². The summed E-state index contributed by atoms with van der Waals surface area (Å²) in [7, 11) is 0. The van der Waals surface area contributed by atoms with Crippen LogP contribution in [0.25, 0.3) is 11.3 Å². The predicted octanol–water partition coefficient (Wildman–Crippen LogP) is 3.42. The number of aryl methyl sites for hydroxylation is 2. The lowest BCUT2D eigenvalue weighted by atomic mass is 10.1. The Balaban J connectivity index is 1.53. The van der Waals surface area contributed by atoms with E-state index in [1.54, 1.807) is 26.0 Å². The number of anilines is 2. The Morgan fingerprint density at radius 3 is 2.81 bits per heavy atom. The molecule has 0 spiro atoms. The summed E-state index contributed by atoms with van der Waals surface area (Å²) in [5, 5.41) is 5.80. The maximum absolute atomic E-state index is 12.7. The van der Waals surface area contributed by atoms with Gasteiger partial charge in [-0.1, -0.05) is 11.3 Å². The van der Waals surface area contributed by atoms with Crippen LogP contribution in [0, 0.1) is 13.8 Å². The summed E-state index contributed by atoms with van der Waals surface area (Å²) in [4.78, 5) is 47.6. The van der Waals surface area contributed by atoms with Gasteiger partial charge < -0.3 is 14.8 Å². The Labute approximate surface area is 192 Å². The van der Waals surface area contributed by atoms with Gasteiger partial charge in [0, 0.05) is 10.9 Å². The lowest BCUT2D eigenvalue weighted by Crippen LogP contribution is -2.43. The Morgan fingerprint density at radius 1 is 1.28 bits per heavy atom. The van der Waals surface area contributed by atoms with Gasteiger partial charge in [0.05, 0.1) is 28.7 Å². The molecule has 9 nitrogen and oxygen atoms in total. The number of hydrogen-bond acceptors (Lipinski definition) is 9. The van der Waals surface area contributed by atoms with Crippen molar-refractivity contribution in [3.8, 4) is 17.0 Å². The summed E-state index contributed by atoms with van der Waals surface area (Å²) in [6, 6.07) is 5.43. The van der Waals surface area contributed by atoms with Gasteiger partial charge in [0.15, 0.2) is 11.7 Å². The first-order valence-corrected chi connectivity index (χ1v) is 11.5. The number of thiazole rings is 2. The summed E-state index contributed by atoms with van der Waals surface area (Å²) >= 11 is 2.57. The van der Waals surface area contributed by atoms with Gasteiger partial charge in [-0.05, 0) is 39.0 Å². The number of benzene rings is 1. The molecule has 4 rings (SSSR count). The van der Waals surface area contributed by atoms with Crippen molar-refractivity contribution in [1.29, 1.82) is 0 Å². The molecule has 3 heterocycles. The summed E-state index contributed by atoms with van der Waals surface area (Å²) in [5.41, 5.74) is 2.59. The number of carbonyl (C=O) groups is 3. The van der Waals surface area contributed by atoms with Crippen LogP contribution in [-0.4, -0.2) is 47.5 Å². The number of nitrogens with zero attached hydrogens (tertiary/aromatic N) is 3. The zero-order chi connectivity index (χ0) is 22.8. The summed E-state index contributed by atoms with van der Waals surface area (Å²) in [5.74, 6) is -0.736. The fourth-order valence-electron chi connectivity index (χ4n) is 3.17. The SMILES string of the molecule is CCOC(=O)c1sc(NC(=O)CN2C(=O)COc3ccc(-c4csc(C)n4)cc32)nc1C. The van der Waals surface area contributed by atoms with Crippen LogP contribution in [0.3, 0.4) is 0 Å². The molecule has 0 saturated heterocycles. The molecular formula is C21H20N4O5S2. The molecule has 0 bridgehead atoms. The smallest absolute Gasteiger partial charge is 0.350 e. The van der Waals surface area contributed by atoms with E-state index in [9.17, 15) is 14.4 Å². The fourth-order valence-corrected chi connectivity index (χ4v) is 4.67. The van der Waals surface area contributed by atoms with Gasteiger partial charge in [-0.2, -0.15) is 0 Å². The second-order valence-electron chi connectivity index (χ2n) is 6.91. The minimum Gasteiger partial charge on any atom is -0.482 e. The number of fused-ring (bicyclic) bond motifs is 1. The van der Waals surface area contributed by atoms with Crippen LogP contribution in [-0.2, 0) is 14.3 Å². The molecule has 0 radical (unpaired) electrons. The van der Waals surface area contributed by atoms with Crippen LogP contribution in [0.4, 0.5) is 10.8 Å². The van der Waals surface area contributed by atoms with Crippen LogP contribution in [0.5, 0.6) is 5.75 Å². The van der Waals surface area contributed by atoms with Gasteiger partial charge in [0.25, 0.3) is 5.91 Å². The molecule has 0 saturated carbocycles. The van der Waals surface area contributed by atoms with Crippen LogP contribution >= 0.6 is 22.7 Å². The first-order valence-electron chi connectivity index (χ1n) is 9.79. The number of aromatic nitrogens is 2. The van der Waals surface area contributed by atoms with E-state index in [2.05, 4.69) is 15.3 Å². The van der Waals surface area contributed by atoms with E-state index in [1.165, 1.54) is 16.2 Å². The highest BCUT2D eigenvalue weighted by molar-refractivity contribution is 7.17. The quantitative estimate of drug-likeness (QED) is 0.547. The molecule has 11 heteroatoms. The van der Waals surface area contributed by atoms with Gasteiger partial charge in [-0.3, -0.25) is 14.5 Å². The standard InChI is InChI=1S/C21H20N4O5S2/c1-4-29-20(28)19-11(2)22-21(32-19)24-17(26)8-25-15-7-13(14-10-31-12(3)23-14)5-6-16(15)30-9-18(25)27/h5-7,10H,4,8-9H2,1-3H3,(H,22,24,26). The summed E-state index contributed by atoms with van der Waals surface area (Å²) < 4.78 is 10.5. The number of carbonyl (C=O) groups excluding carboxylic acids is 3. The molecule has 166 valence electrons. The fraction of sp³-hybridized carbons (Fsp3) is 0.286. The van der Waals surface area contributed by atoms with Crippen molar-refractivity contribution in [2.45, 2.75) is 20.8 Å². The molecule has 0 aliphatic carbocycles. The Morgan fingerprint density at radius 2 is 2.09 bits per heavy atom. The van der Waals surface area contributed by atoms with Gasteiger partial charge in [-0.25, -0.2) is 14.8 Å². The highest BCUT2D eigenvalue weighted by Crippen LogP contribution is 2.36. The number of esters is 1. The summed E-state index contributed by atoms with van der Waals surface area (Å²) in [6.07, 6.45) is 0. The summed E-state index contributed by atoms with van der Waals surface area (Å²) in [6.45, 7) is 5.18. The molecule has 1 N–H and O–H groups in total. The highest BCUT2D eigenvalue weighted by Gasteiger charge is 2.28. The molecule has 0 fully saturated rings. The van der Waals surface area contributed by atoms with Crippen molar-refractivity contribution >= 4 is 51.3 Å². The third-order valence-corrected chi connectivity index (χ3v) is 6.45. The lowest BCUT2D eigenvalue weighted by molar-refractivity contribution is -0.123.